The maximum Gasteiger partial charge on any atom is 0.345 e. The highest BCUT2D eigenvalue weighted by Gasteiger charge is 2.28. The summed E-state index contributed by atoms with van der Waals surface area (Å²) < 4.78 is 32.7. The number of likely N-dealkylation sites (N-methyl/N-ethyl adjacent to an activating group) is 1. The second-order valence-corrected chi connectivity index (χ2v) is 17.4. The lowest BCUT2D eigenvalue weighted by Gasteiger charge is -2.34. The Kier molecular flexibility index (Phi) is 13.9. The van der Waals surface area contributed by atoms with E-state index in [0.717, 1.165) is 66.4 Å². The number of benzene rings is 3. The Labute approximate surface area is 377 Å². The van der Waals surface area contributed by atoms with Gasteiger partial charge in [0.25, 0.3) is 0 Å². The maximum atomic E-state index is 14.2. The lowest BCUT2D eigenvalue weighted by molar-refractivity contribution is -0.145. The number of carboxylic acid groups (broad SMARTS) is 1. The molecular formula is C50H52FN7O5S. The first-order chi connectivity index (χ1) is 31.0. The van der Waals surface area contributed by atoms with Gasteiger partial charge in [-0.25, -0.2) is 29.1 Å². The van der Waals surface area contributed by atoms with E-state index in [0.29, 0.717) is 63.0 Å². The zero-order valence-corrected chi connectivity index (χ0v) is 37.4. The molecule has 0 spiro atoms. The number of nitrogens with zero attached hydrogens (tertiary/aromatic N) is 7. The van der Waals surface area contributed by atoms with Crippen LogP contribution in [0, 0.1) is 5.82 Å². The van der Waals surface area contributed by atoms with Gasteiger partial charge in [-0.1, -0.05) is 60.7 Å². The largest absolute Gasteiger partial charge is 0.496 e. The predicted octanol–water partition coefficient (Wildman–Crippen LogP) is 8.59. The number of fused-ring (bicyclic) bond motifs is 2. The van der Waals surface area contributed by atoms with Gasteiger partial charge in [0.15, 0.2) is 5.82 Å². The van der Waals surface area contributed by atoms with Crippen LogP contribution in [0.5, 0.6) is 17.4 Å². The Morgan fingerprint density at radius 2 is 1.72 bits per heavy atom. The topological polar surface area (TPSA) is 126 Å². The summed E-state index contributed by atoms with van der Waals surface area (Å²) in [6.07, 6.45) is 5.76. The van der Waals surface area contributed by atoms with Crippen LogP contribution in [0.4, 0.5) is 4.39 Å². The molecule has 1 N–H and O–H groups in total. The Morgan fingerprint density at radius 1 is 0.938 bits per heavy atom. The molecule has 1 atom stereocenters. The predicted molar refractivity (Wildman–Crippen MR) is 249 cm³/mol. The number of rotatable bonds is 10. The fourth-order valence-electron chi connectivity index (χ4n) is 7.97. The van der Waals surface area contributed by atoms with Crippen molar-refractivity contribution in [1.29, 1.82) is 0 Å². The third kappa shape index (κ3) is 10.4. The number of thiophene rings is 1. The van der Waals surface area contributed by atoms with Gasteiger partial charge >= 0.3 is 5.97 Å². The highest BCUT2D eigenvalue weighted by molar-refractivity contribution is 7.22. The lowest BCUT2D eigenvalue weighted by Crippen LogP contribution is -2.47. The Balaban J connectivity index is 1.20. The van der Waals surface area contributed by atoms with Crippen molar-refractivity contribution < 1.29 is 28.5 Å². The van der Waals surface area contributed by atoms with E-state index in [1.807, 2.05) is 48.5 Å². The minimum Gasteiger partial charge on any atom is -0.496 e. The van der Waals surface area contributed by atoms with Gasteiger partial charge in [0.05, 0.1) is 23.8 Å². The summed E-state index contributed by atoms with van der Waals surface area (Å²) in [5.41, 5.74) is 7.48. The van der Waals surface area contributed by atoms with Crippen LogP contribution >= 0.6 is 11.3 Å². The average Bonchev–Trinajstić information content (AvgIpc) is 3.70. The number of ether oxygens (including phenoxy) is 3. The summed E-state index contributed by atoms with van der Waals surface area (Å²) in [6.45, 7) is 16.0. The minimum atomic E-state index is -1.36. The fraction of sp³-hybridized carbons (Fsp3) is 0.300. The quantitative estimate of drug-likeness (QED) is 0.142. The van der Waals surface area contributed by atoms with Gasteiger partial charge in [-0.3, -0.25) is 9.80 Å². The number of carbonyl (C=O) groups is 1. The first-order valence-corrected chi connectivity index (χ1v) is 22.1. The standard InChI is InChI=1S/C50H52FN7O5S/c1-32(2)36-12-10-33(3)44-45-48(53-31-54-49(45)64-46(44)35-13-15-38(51)16-14-35)63-43(50(59)60)27-37-26-34(28-58(29-36)25-24-57-22-20-56(4)21-23-57)11-17-41(37)62-30-39-18-19-52-47(55-39)40-8-6-7-9-42(40)61-5/h6-19,26,31,43H,3,20-25,27-30H2,1-2,4-5H3,(H,59,60)/b12-10-/t43-/m1/s1. The molecule has 6 aromatic rings. The van der Waals surface area contributed by atoms with Gasteiger partial charge in [-0.15, -0.1) is 11.3 Å². The highest BCUT2D eigenvalue weighted by Crippen LogP contribution is 2.45. The molecule has 8 rings (SSSR count). The van der Waals surface area contributed by atoms with E-state index in [9.17, 15) is 14.3 Å². The van der Waals surface area contributed by atoms with Crippen molar-refractivity contribution in [3.8, 4) is 39.2 Å². The van der Waals surface area contributed by atoms with Crippen molar-refractivity contribution >= 4 is 33.1 Å². The summed E-state index contributed by atoms with van der Waals surface area (Å²) in [5, 5.41) is 11.4. The molecule has 3 aromatic carbocycles. The second kappa shape index (κ2) is 20.0. The monoisotopic (exact) mass is 881 g/mol. The molecule has 1 saturated heterocycles. The van der Waals surface area contributed by atoms with Gasteiger partial charge in [0.1, 0.15) is 35.1 Å². The maximum absolute atomic E-state index is 14.2. The number of piperazine rings is 1. The molecule has 330 valence electrons. The molecule has 0 amide bonds. The number of hydrogen-bond donors (Lipinski definition) is 1. The van der Waals surface area contributed by atoms with Crippen LogP contribution in [-0.4, -0.2) is 112 Å². The summed E-state index contributed by atoms with van der Waals surface area (Å²) >= 11 is 1.39. The average molecular weight is 882 g/mol. The van der Waals surface area contributed by atoms with Crippen LogP contribution < -0.4 is 14.2 Å². The van der Waals surface area contributed by atoms with Gasteiger partial charge in [-0.2, -0.15) is 0 Å². The van der Waals surface area contributed by atoms with E-state index < -0.39 is 12.1 Å². The van der Waals surface area contributed by atoms with E-state index in [2.05, 4.69) is 63.2 Å². The van der Waals surface area contributed by atoms with Crippen molar-refractivity contribution in [2.24, 2.45) is 0 Å². The molecule has 0 saturated carbocycles. The van der Waals surface area contributed by atoms with E-state index in [1.165, 1.54) is 35.4 Å². The molecule has 2 aliphatic heterocycles. The van der Waals surface area contributed by atoms with Crippen LogP contribution in [0.15, 0.2) is 115 Å². The zero-order chi connectivity index (χ0) is 44.7. The molecule has 14 heteroatoms. The number of aromatic nitrogens is 4. The molecule has 12 nitrogen and oxygen atoms in total. The summed E-state index contributed by atoms with van der Waals surface area (Å²) in [7, 11) is 3.77. The van der Waals surface area contributed by atoms with E-state index in [4.69, 9.17) is 19.2 Å². The van der Waals surface area contributed by atoms with Crippen molar-refractivity contribution in [1.82, 2.24) is 34.6 Å². The third-order valence-corrected chi connectivity index (χ3v) is 12.8. The molecule has 2 bridgehead atoms. The SMILES string of the molecule is C=C1/C=C\C(=C(C)C)CN(CCN2CCN(C)CC2)Cc2ccc(OCc3ccnc(-c4ccccc4OC)n3)c(c2)C[C@H](C(=O)O)Oc2ncnc3sc(-c4ccc(F)cc4)c1c23. The van der Waals surface area contributed by atoms with Crippen LogP contribution in [0.1, 0.15) is 36.2 Å². The minimum absolute atomic E-state index is 0.0358. The summed E-state index contributed by atoms with van der Waals surface area (Å²) in [6, 6.07) is 21.6. The molecule has 5 heterocycles. The Hall–Kier alpha value is -6.32. The molecule has 2 aliphatic rings. The van der Waals surface area contributed by atoms with E-state index in [-0.39, 0.29) is 24.7 Å². The number of allylic oxidation sites excluding steroid dienone is 3. The number of hydrogen-bond acceptors (Lipinski definition) is 12. The van der Waals surface area contributed by atoms with Crippen LogP contribution in [0.2, 0.25) is 0 Å². The van der Waals surface area contributed by atoms with Crippen molar-refractivity contribution in [2.75, 3.05) is 60.0 Å². The first-order valence-electron chi connectivity index (χ1n) is 21.3. The van der Waals surface area contributed by atoms with Gasteiger partial charge in [0.2, 0.25) is 12.0 Å². The first kappa shape index (κ1) is 44.3. The van der Waals surface area contributed by atoms with Gasteiger partial charge < -0.3 is 24.2 Å². The lowest BCUT2D eigenvalue weighted by atomic mass is 9.98. The van der Waals surface area contributed by atoms with Gasteiger partial charge in [-0.05, 0) is 85.1 Å². The number of para-hydroxylation sites is 1. The number of carboxylic acids is 1. The third-order valence-electron chi connectivity index (χ3n) is 11.6. The molecule has 0 aliphatic carbocycles. The number of halogens is 1. The van der Waals surface area contributed by atoms with Crippen molar-refractivity contribution in [2.45, 2.75) is 39.5 Å². The molecular weight excluding hydrogens is 830 g/mol. The van der Waals surface area contributed by atoms with Crippen LogP contribution in [0.3, 0.4) is 0 Å². The Bertz CT molecular complexity index is 2710. The highest BCUT2D eigenvalue weighted by atomic mass is 32.1. The van der Waals surface area contributed by atoms with E-state index in [1.54, 1.807) is 31.5 Å². The Morgan fingerprint density at radius 3 is 2.48 bits per heavy atom. The smallest absolute Gasteiger partial charge is 0.345 e. The normalized spacial score (nSPS) is 17.2. The second-order valence-electron chi connectivity index (χ2n) is 16.4. The van der Waals surface area contributed by atoms with Crippen molar-refractivity contribution in [3.05, 3.63) is 143 Å². The van der Waals surface area contributed by atoms with Gasteiger partial charge in [0, 0.05) is 75.4 Å². The van der Waals surface area contributed by atoms with E-state index >= 15 is 0 Å². The zero-order valence-electron chi connectivity index (χ0n) is 36.6. The van der Waals surface area contributed by atoms with Crippen LogP contribution in [0.25, 0.3) is 37.6 Å². The molecule has 0 radical (unpaired) electrons. The summed E-state index contributed by atoms with van der Waals surface area (Å²) in [5.74, 6) is 0.244. The van der Waals surface area contributed by atoms with Crippen molar-refractivity contribution in [3.63, 3.8) is 0 Å². The molecule has 1 fully saturated rings. The molecule has 3 aromatic heterocycles. The molecule has 64 heavy (non-hydrogen) atoms. The number of aliphatic carboxylic acids is 1. The molecule has 0 unspecified atom stereocenters. The fourth-order valence-corrected chi connectivity index (χ4v) is 9.14. The summed E-state index contributed by atoms with van der Waals surface area (Å²) in [4.78, 5) is 40.4. The number of methoxy groups -OCH3 is 1. The van der Waals surface area contributed by atoms with Crippen LogP contribution in [-0.2, 0) is 24.4 Å².